The van der Waals surface area contributed by atoms with Crippen LogP contribution in [0.1, 0.15) is 40.0 Å². The number of hydrogen-bond acceptors (Lipinski definition) is 4. The molecule has 1 saturated carbocycles. The van der Waals surface area contributed by atoms with E-state index in [0.29, 0.717) is 19.3 Å². The molecule has 0 saturated heterocycles. The third-order valence-electron chi connectivity index (χ3n) is 5.28. The van der Waals surface area contributed by atoms with Crippen LogP contribution in [0.25, 0.3) is 0 Å². The van der Waals surface area contributed by atoms with Crippen LogP contribution < -0.4 is 0 Å². The topological polar surface area (TPSA) is 80.7 Å². The van der Waals surface area contributed by atoms with E-state index in [9.17, 15) is 14.4 Å². The molecule has 1 N–H and O–H groups in total. The van der Waals surface area contributed by atoms with Crippen molar-refractivity contribution in [2.75, 3.05) is 0 Å². The zero-order valence-electron chi connectivity index (χ0n) is 13.2. The normalized spacial score (nSPS) is 34.4. The van der Waals surface area contributed by atoms with Crippen molar-refractivity contribution in [3.05, 3.63) is 23.8 Å². The summed E-state index contributed by atoms with van der Waals surface area (Å²) in [5, 5.41) is 9.16. The quantitative estimate of drug-likeness (QED) is 0.640. The minimum Gasteiger partial charge on any atom is -0.478 e. The number of carboxylic acids is 1. The van der Waals surface area contributed by atoms with Gasteiger partial charge in [-0.25, -0.2) is 4.79 Å². The molecule has 120 valence electrons. The Kier molecular flexibility index (Phi) is 4.27. The lowest BCUT2D eigenvalue weighted by Gasteiger charge is -2.48. The highest BCUT2D eigenvalue weighted by Gasteiger charge is 2.50. The molecular formula is C17H22O5. The van der Waals surface area contributed by atoms with Crippen molar-refractivity contribution in [1.82, 2.24) is 0 Å². The number of carbonyl (C=O) groups is 3. The fourth-order valence-corrected chi connectivity index (χ4v) is 3.72. The van der Waals surface area contributed by atoms with Crippen LogP contribution in [0.5, 0.6) is 0 Å². The Hall–Kier alpha value is -1.91. The SMILES string of the molecule is C=C(C(=O)O)C1CCC2=CC(=O)C(OC(C)=O)C(C)C2(C)C1. The maximum Gasteiger partial charge on any atom is 0.331 e. The number of carboxylic acid groups (broad SMARTS) is 1. The number of esters is 1. The smallest absolute Gasteiger partial charge is 0.331 e. The van der Waals surface area contributed by atoms with Gasteiger partial charge in [0, 0.05) is 18.4 Å². The molecule has 2 rings (SSSR count). The summed E-state index contributed by atoms with van der Waals surface area (Å²) < 4.78 is 5.20. The van der Waals surface area contributed by atoms with E-state index in [-0.39, 0.29) is 28.6 Å². The molecule has 0 aliphatic heterocycles. The van der Waals surface area contributed by atoms with Crippen molar-refractivity contribution in [1.29, 1.82) is 0 Å². The number of carbonyl (C=O) groups excluding carboxylic acids is 2. The van der Waals surface area contributed by atoms with Crippen molar-refractivity contribution in [2.24, 2.45) is 17.3 Å². The van der Waals surface area contributed by atoms with Gasteiger partial charge in [-0.3, -0.25) is 9.59 Å². The Bertz CT molecular complexity index is 574. The maximum atomic E-state index is 12.2. The predicted molar refractivity (Wildman–Crippen MR) is 80.0 cm³/mol. The monoisotopic (exact) mass is 306 g/mol. The largest absolute Gasteiger partial charge is 0.478 e. The molecule has 2 aliphatic carbocycles. The lowest BCUT2D eigenvalue weighted by Crippen LogP contribution is -2.48. The second-order valence-corrected chi connectivity index (χ2v) is 6.58. The third-order valence-corrected chi connectivity index (χ3v) is 5.28. The Morgan fingerprint density at radius 1 is 1.45 bits per heavy atom. The number of ether oxygens (including phenoxy) is 1. The molecule has 5 heteroatoms. The molecule has 1 fully saturated rings. The van der Waals surface area contributed by atoms with Crippen LogP contribution in [0.2, 0.25) is 0 Å². The third kappa shape index (κ3) is 2.72. The lowest BCUT2D eigenvalue weighted by molar-refractivity contribution is -0.158. The molecule has 4 atom stereocenters. The van der Waals surface area contributed by atoms with E-state index in [2.05, 4.69) is 6.58 Å². The van der Waals surface area contributed by atoms with Crippen molar-refractivity contribution >= 4 is 17.7 Å². The van der Waals surface area contributed by atoms with Gasteiger partial charge in [-0.2, -0.15) is 0 Å². The average molecular weight is 306 g/mol. The fourth-order valence-electron chi connectivity index (χ4n) is 3.72. The van der Waals surface area contributed by atoms with Gasteiger partial charge in [0.15, 0.2) is 11.9 Å². The summed E-state index contributed by atoms with van der Waals surface area (Å²) in [7, 11) is 0. The summed E-state index contributed by atoms with van der Waals surface area (Å²) >= 11 is 0. The highest BCUT2D eigenvalue weighted by Crippen LogP contribution is 2.53. The van der Waals surface area contributed by atoms with E-state index >= 15 is 0 Å². The van der Waals surface area contributed by atoms with Gasteiger partial charge >= 0.3 is 11.9 Å². The molecule has 0 aromatic carbocycles. The first-order valence-corrected chi connectivity index (χ1v) is 7.51. The second kappa shape index (κ2) is 5.71. The fraction of sp³-hybridized carbons (Fsp3) is 0.588. The van der Waals surface area contributed by atoms with Crippen molar-refractivity contribution in [3.63, 3.8) is 0 Å². The van der Waals surface area contributed by atoms with Crippen molar-refractivity contribution in [2.45, 2.75) is 46.1 Å². The minimum atomic E-state index is -0.975. The molecule has 0 aromatic rings. The van der Waals surface area contributed by atoms with Gasteiger partial charge in [-0.05, 0) is 36.7 Å². The van der Waals surface area contributed by atoms with Crippen LogP contribution >= 0.6 is 0 Å². The van der Waals surface area contributed by atoms with Crippen molar-refractivity contribution < 1.29 is 24.2 Å². The molecule has 0 amide bonds. The van der Waals surface area contributed by atoms with Crippen LogP contribution in [0, 0.1) is 17.3 Å². The van der Waals surface area contributed by atoms with E-state index in [1.807, 2.05) is 13.8 Å². The standard InChI is InChI=1S/C17H22O5/c1-9(16(20)21)12-5-6-13-7-14(19)15(22-11(3)18)10(2)17(13,4)8-12/h7,10,12,15H,1,5-6,8H2,2-4H3,(H,20,21). The Morgan fingerprint density at radius 2 is 2.09 bits per heavy atom. The molecule has 0 bridgehead atoms. The zero-order chi connectivity index (χ0) is 16.7. The number of ketones is 1. The van der Waals surface area contributed by atoms with Gasteiger partial charge in [-0.1, -0.05) is 26.0 Å². The van der Waals surface area contributed by atoms with Gasteiger partial charge in [0.05, 0.1) is 0 Å². The predicted octanol–water partition coefficient (Wildman–Crippen LogP) is 2.51. The number of rotatable bonds is 3. The molecule has 5 nitrogen and oxygen atoms in total. The van der Waals surface area contributed by atoms with Crippen LogP contribution in [0.15, 0.2) is 23.8 Å². The Balaban J connectivity index is 2.32. The Morgan fingerprint density at radius 3 is 2.64 bits per heavy atom. The molecule has 2 aliphatic rings. The number of allylic oxidation sites excluding steroid dienone is 1. The van der Waals surface area contributed by atoms with E-state index < -0.39 is 18.0 Å². The first-order chi connectivity index (χ1) is 10.2. The molecule has 22 heavy (non-hydrogen) atoms. The van der Waals surface area contributed by atoms with Gasteiger partial charge in [0.2, 0.25) is 0 Å². The highest BCUT2D eigenvalue weighted by molar-refractivity contribution is 5.97. The summed E-state index contributed by atoms with van der Waals surface area (Å²) in [6, 6.07) is 0. The molecule has 0 spiro atoms. The van der Waals surface area contributed by atoms with E-state index in [1.54, 1.807) is 6.08 Å². The number of aliphatic carboxylic acids is 1. The van der Waals surface area contributed by atoms with Crippen LogP contribution in [0.3, 0.4) is 0 Å². The van der Waals surface area contributed by atoms with E-state index in [0.717, 1.165) is 5.57 Å². The second-order valence-electron chi connectivity index (χ2n) is 6.58. The molecular weight excluding hydrogens is 284 g/mol. The molecule has 0 heterocycles. The summed E-state index contributed by atoms with van der Waals surface area (Å²) in [6.45, 7) is 8.89. The van der Waals surface area contributed by atoms with E-state index in [4.69, 9.17) is 9.84 Å². The molecule has 0 aromatic heterocycles. The summed E-state index contributed by atoms with van der Waals surface area (Å²) in [5.74, 6) is -1.93. The first-order valence-electron chi connectivity index (χ1n) is 7.51. The van der Waals surface area contributed by atoms with Crippen LogP contribution in [0.4, 0.5) is 0 Å². The number of fused-ring (bicyclic) bond motifs is 1. The van der Waals surface area contributed by atoms with Crippen LogP contribution in [-0.4, -0.2) is 28.9 Å². The van der Waals surface area contributed by atoms with Crippen LogP contribution in [-0.2, 0) is 19.1 Å². The van der Waals surface area contributed by atoms with Gasteiger partial charge in [0.25, 0.3) is 0 Å². The van der Waals surface area contributed by atoms with Gasteiger partial charge < -0.3 is 9.84 Å². The summed E-state index contributed by atoms with van der Waals surface area (Å²) in [6.07, 6.45) is 2.77. The first kappa shape index (κ1) is 16.5. The average Bonchev–Trinajstić information content (AvgIpc) is 2.43. The number of hydrogen-bond donors (Lipinski definition) is 1. The summed E-state index contributed by atoms with van der Waals surface area (Å²) in [4.78, 5) is 34.6. The van der Waals surface area contributed by atoms with E-state index in [1.165, 1.54) is 6.92 Å². The van der Waals surface area contributed by atoms with Crippen molar-refractivity contribution in [3.8, 4) is 0 Å². The lowest BCUT2D eigenvalue weighted by atomic mass is 9.56. The zero-order valence-corrected chi connectivity index (χ0v) is 13.2. The molecule has 0 radical (unpaired) electrons. The van der Waals surface area contributed by atoms with Gasteiger partial charge in [-0.15, -0.1) is 0 Å². The summed E-state index contributed by atoms with van der Waals surface area (Å²) in [5.41, 5.74) is 0.895. The minimum absolute atomic E-state index is 0.117. The Labute approximate surface area is 130 Å². The highest BCUT2D eigenvalue weighted by atomic mass is 16.5. The maximum absolute atomic E-state index is 12.2. The molecule has 4 unspecified atom stereocenters. The van der Waals surface area contributed by atoms with Gasteiger partial charge in [0.1, 0.15) is 0 Å².